The van der Waals surface area contributed by atoms with Crippen molar-refractivity contribution >= 4 is 11.6 Å². The Bertz CT molecular complexity index is 414. The maximum atomic E-state index is 12.4. The minimum Gasteiger partial charge on any atom is -0.382 e. The highest BCUT2D eigenvalue weighted by Gasteiger charge is 2.37. The van der Waals surface area contributed by atoms with Gasteiger partial charge in [0.25, 0.3) is 5.91 Å². The molecule has 0 aromatic heterocycles. The molecular formula is C17H31N3O2. The van der Waals surface area contributed by atoms with E-state index >= 15 is 0 Å². The van der Waals surface area contributed by atoms with Crippen molar-refractivity contribution < 1.29 is 9.63 Å². The van der Waals surface area contributed by atoms with E-state index in [1.54, 1.807) is 0 Å². The van der Waals surface area contributed by atoms with E-state index in [0.717, 1.165) is 25.1 Å². The van der Waals surface area contributed by atoms with Crippen molar-refractivity contribution in [3.8, 4) is 0 Å². The van der Waals surface area contributed by atoms with E-state index in [0.29, 0.717) is 18.9 Å². The fourth-order valence-electron chi connectivity index (χ4n) is 3.48. The molecule has 1 amide bonds. The van der Waals surface area contributed by atoms with Crippen molar-refractivity contribution in [1.82, 2.24) is 10.2 Å². The summed E-state index contributed by atoms with van der Waals surface area (Å²) in [5, 5.41) is 7.18. The maximum Gasteiger partial charge on any atom is 0.264 e. The fourth-order valence-corrected chi connectivity index (χ4v) is 3.48. The first-order chi connectivity index (χ1) is 10.5. The van der Waals surface area contributed by atoms with Gasteiger partial charge in [-0.05, 0) is 32.4 Å². The summed E-state index contributed by atoms with van der Waals surface area (Å²) >= 11 is 0. The molecule has 1 heterocycles. The van der Waals surface area contributed by atoms with Crippen LogP contribution >= 0.6 is 0 Å². The van der Waals surface area contributed by atoms with E-state index in [2.05, 4.69) is 43.2 Å². The first-order valence-electron chi connectivity index (χ1n) is 8.70. The number of carbonyl (C=O) groups is 1. The van der Waals surface area contributed by atoms with Gasteiger partial charge in [-0.25, -0.2) is 0 Å². The standard InChI is InChI=1S/C17H31N3O2/c1-5-20(4)17(9-7-6-8-10-17)12-18-16(21)15-11-14(13(2)3)19-22-15/h13,15H,5-12H2,1-4H3,(H,18,21). The third-order valence-electron chi connectivity index (χ3n) is 5.31. The largest absolute Gasteiger partial charge is 0.382 e. The highest BCUT2D eigenvalue weighted by atomic mass is 16.6. The molecule has 0 bridgehead atoms. The number of rotatable bonds is 6. The molecule has 126 valence electrons. The Kier molecular flexibility index (Phi) is 5.84. The zero-order valence-electron chi connectivity index (χ0n) is 14.5. The SMILES string of the molecule is CCN(C)C1(CNC(=O)C2CC(C(C)C)=NO2)CCCCC1. The summed E-state index contributed by atoms with van der Waals surface area (Å²) in [4.78, 5) is 20.1. The van der Waals surface area contributed by atoms with Crippen LogP contribution in [0, 0.1) is 5.92 Å². The van der Waals surface area contributed by atoms with Crippen LogP contribution in [0.3, 0.4) is 0 Å². The van der Waals surface area contributed by atoms with Gasteiger partial charge in [0.1, 0.15) is 0 Å². The molecule has 0 saturated heterocycles. The van der Waals surface area contributed by atoms with Crippen molar-refractivity contribution in [2.75, 3.05) is 20.1 Å². The zero-order valence-corrected chi connectivity index (χ0v) is 14.5. The summed E-state index contributed by atoms with van der Waals surface area (Å²) in [6, 6.07) is 0. The minimum atomic E-state index is -0.440. The Morgan fingerprint density at radius 3 is 2.64 bits per heavy atom. The third-order valence-corrected chi connectivity index (χ3v) is 5.31. The Labute approximate surface area is 134 Å². The number of nitrogens with one attached hydrogen (secondary N) is 1. The lowest BCUT2D eigenvalue weighted by Crippen LogP contribution is -2.56. The van der Waals surface area contributed by atoms with Crippen LogP contribution in [0.1, 0.15) is 59.3 Å². The van der Waals surface area contributed by atoms with Crippen molar-refractivity contribution in [3.05, 3.63) is 0 Å². The fraction of sp³-hybridized carbons (Fsp3) is 0.882. The number of hydrogen-bond acceptors (Lipinski definition) is 4. The van der Waals surface area contributed by atoms with Crippen molar-refractivity contribution in [1.29, 1.82) is 0 Å². The molecule has 0 radical (unpaired) electrons. The second-order valence-corrected chi connectivity index (χ2v) is 7.05. The van der Waals surface area contributed by atoms with Gasteiger partial charge >= 0.3 is 0 Å². The van der Waals surface area contributed by atoms with Gasteiger partial charge in [-0.3, -0.25) is 9.69 Å². The van der Waals surface area contributed by atoms with Gasteiger partial charge in [-0.2, -0.15) is 0 Å². The molecule has 1 saturated carbocycles. The van der Waals surface area contributed by atoms with E-state index in [1.165, 1.54) is 19.3 Å². The average molecular weight is 309 g/mol. The van der Waals surface area contributed by atoms with Crippen molar-refractivity contribution in [2.45, 2.75) is 70.9 Å². The molecule has 5 nitrogen and oxygen atoms in total. The lowest BCUT2D eigenvalue weighted by molar-refractivity contribution is -0.132. The van der Waals surface area contributed by atoms with Gasteiger partial charge in [0.15, 0.2) is 0 Å². The van der Waals surface area contributed by atoms with Crippen LogP contribution in [-0.4, -0.2) is 48.3 Å². The van der Waals surface area contributed by atoms with Crippen LogP contribution in [0.5, 0.6) is 0 Å². The van der Waals surface area contributed by atoms with Crippen LogP contribution in [-0.2, 0) is 9.63 Å². The molecule has 2 rings (SSSR count). The van der Waals surface area contributed by atoms with Gasteiger partial charge in [0.05, 0.1) is 5.71 Å². The summed E-state index contributed by atoms with van der Waals surface area (Å²) in [5.74, 6) is 0.322. The van der Waals surface area contributed by atoms with Crippen LogP contribution in [0.2, 0.25) is 0 Å². The maximum absolute atomic E-state index is 12.4. The predicted octanol–water partition coefficient (Wildman–Crippen LogP) is 2.56. The molecular weight excluding hydrogens is 278 g/mol. The summed E-state index contributed by atoms with van der Waals surface area (Å²) in [6.45, 7) is 8.07. The molecule has 5 heteroatoms. The van der Waals surface area contributed by atoms with Crippen LogP contribution in [0.15, 0.2) is 5.16 Å². The molecule has 1 fully saturated rings. The van der Waals surface area contributed by atoms with Crippen LogP contribution < -0.4 is 5.32 Å². The number of amides is 1. The molecule has 1 N–H and O–H groups in total. The molecule has 1 atom stereocenters. The van der Waals surface area contributed by atoms with Gasteiger partial charge in [-0.1, -0.05) is 45.2 Å². The van der Waals surface area contributed by atoms with Gasteiger partial charge in [0.2, 0.25) is 6.10 Å². The minimum absolute atomic E-state index is 0.0196. The number of likely N-dealkylation sites (N-methyl/N-ethyl adjacent to an activating group) is 1. The van der Waals surface area contributed by atoms with Gasteiger partial charge < -0.3 is 10.2 Å². The van der Waals surface area contributed by atoms with E-state index < -0.39 is 6.10 Å². The average Bonchev–Trinajstić information content (AvgIpc) is 3.03. The molecule has 1 aliphatic heterocycles. The molecule has 0 aromatic carbocycles. The van der Waals surface area contributed by atoms with Crippen molar-refractivity contribution in [3.63, 3.8) is 0 Å². The second kappa shape index (κ2) is 7.44. The smallest absolute Gasteiger partial charge is 0.264 e. The highest BCUT2D eigenvalue weighted by Crippen LogP contribution is 2.32. The number of carbonyl (C=O) groups excluding carboxylic acids is 1. The van der Waals surface area contributed by atoms with E-state index in [9.17, 15) is 4.79 Å². The Morgan fingerprint density at radius 2 is 2.09 bits per heavy atom. The Balaban J connectivity index is 1.89. The number of nitrogens with zero attached hydrogens (tertiary/aromatic N) is 2. The summed E-state index contributed by atoms with van der Waals surface area (Å²) in [6.07, 6.45) is 6.32. The first kappa shape index (κ1) is 17.3. The van der Waals surface area contributed by atoms with E-state index in [4.69, 9.17) is 4.84 Å². The van der Waals surface area contributed by atoms with E-state index in [-0.39, 0.29) is 11.4 Å². The summed E-state index contributed by atoms with van der Waals surface area (Å²) < 4.78 is 0. The monoisotopic (exact) mass is 309 g/mol. The predicted molar refractivity (Wildman–Crippen MR) is 88.9 cm³/mol. The molecule has 0 spiro atoms. The van der Waals surface area contributed by atoms with Gasteiger partial charge in [-0.15, -0.1) is 0 Å². The molecule has 22 heavy (non-hydrogen) atoms. The molecule has 2 aliphatic rings. The summed E-state index contributed by atoms with van der Waals surface area (Å²) in [5.41, 5.74) is 1.10. The lowest BCUT2D eigenvalue weighted by Gasteiger charge is -2.44. The molecule has 1 unspecified atom stereocenters. The Hall–Kier alpha value is -1.10. The first-order valence-corrected chi connectivity index (χ1v) is 8.70. The lowest BCUT2D eigenvalue weighted by atomic mass is 9.80. The quantitative estimate of drug-likeness (QED) is 0.820. The Morgan fingerprint density at radius 1 is 1.41 bits per heavy atom. The summed E-state index contributed by atoms with van der Waals surface area (Å²) in [7, 11) is 2.17. The van der Waals surface area contributed by atoms with Crippen LogP contribution in [0.25, 0.3) is 0 Å². The molecule has 1 aliphatic carbocycles. The zero-order chi connectivity index (χ0) is 16.2. The van der Waals surface area contributed by atoms with Crippen molar-refractivity contribution in [2.24, 2.45) is 11.1 Å². The number of oxime groups is 1. The number of hydrogen-bond donors (Lipinski definition) is 1. The topological polar surface area (TPSA) is 53.9 Å². The third kappa shape index (κ3) is 3.80. The van der Waals surface area contributed by atoms with Gasteiger partial charge in [0, 0.05) is 18.5 Å². The van der Waals surface area contributed by atoms with Crippen LogP contribution in [0.4, 0.5) is 0 Å². The normalized spacial score (nSPS) is 24.3. The highest BCUT2D eigenvalue weighted by molar-refractivity contribution is 5.93. The second-order valence-electron chi connectivity index (χ2n) is 7.05. The molecule has 0 aromatic rings. The van der Waals surface area contributed by atoms with E-state index in [1.807, 2.05) is 0 Å².